The predicted molar refractivity (Wildman–Crippen MR) is 115 cm³/mol. The van der Waals surface area contributed by atoms with Crippen molar-refractivity contribution in [2.75, 3.05) is 13.2 Å². The van der Waals surface area contributed by atoms with Gasteiger partial charge in [-0.05, 0) is 61.1 Å². The van der Waals surface area contributed by atoms with Crippen molar-refractivity contribution in [2.45, 2.75) is 24.7 Å². The second-order valence-corrected chi connectivity index (χ2v) is 7.63. The Morgan fingerprint density at radius 3 is 2.65 bits per heavy atom. The maximum atomic E-state index is 13.3. The van der Waals surface area contributed by atoms with E-state index < -0.39 is 11.7 Å². The molecule has 0 unspecified atom stereocenters. The van der Waals surface area contributed by atoms with E-state index in [1.165, 1.54) is 6.07 Å². The number of aromatic nitrogens is 2. The summed E-state index contributed by atoms with van der Waals surface area (Å²) < 4.78 is 41.6. The van der Waals surface area contributed by atoms with Gasteiger partial charge >= 0.3 is 6.18 Å². The Bertz CT molecular complexity index is 1050. The van der Waals surface area contributed by atoms with Gasteiger partial charge in [-0.25, -0.2) is 0 Å². The number of aliphatic hydroxyl groups excluding tert-OH is 1. The monoisotopic (exact) mass is 446 g/mol. The van der Waals surface area contributed by atoms with E-state index in [4.69, 9.17) is 12.2 Å². The lowest BCUT2D eigenvalue weighted by atomic mass is 10.0. The molecule has 1 fully saturated rings. The van der Waals surface area contributed by atoms with E-state index in [0.29, 0.717) is 23.8 Å². The highest BCUT2D eigenvalue weighted by Gasteiger charge is 2.41. The van der Waals surface area contributed by atoms with Crippen LogP contribution in [0.1, 0.15) is 35.5 Å². The zero-order valence-electron chi connectivity index (χ0n) is 16.5. The zero-order valence-corrected chi connectivity index (χ0v) is 17.3. The lowest BCUT2D eigenvalue weighted by molar-refractivity contribution is -0.137. The molecule has 3 heterocycles. The Kier molecular flexibility index (Phi) is 5.97. The van der Waals surface area contributed by atoms with Crippen LogP contribution in [0, 0.1) is 0 Å². The third-order valence-corrected chi connectivity index (χ3v) is 5.64. The van der Waals surface area contributed by atoms with Crippen LogP contribution in [0.25, 0.3) is 5.69 Å². The van der Waals surface area contributed by atoms with Crippen molar-refractivity contribution in [3.63, 3.8) is 0 Å². The van der Waals surface area contributed by atoms with Crippen LogP contribution in [0.15, 0.2) is 67.0 Å². The molecule has 3 aromatic rings. The van der Waals surface area contributed by atoms with E-state index in [2.05, 4.69) is 10.3 Å². The Hall–Kier alpha value is -2.91. The summed E-state index contributed by atoms with van der Waals surface area (Å²) in [7, 11) is 0. The molecule has 0 spiro atoms. The fourth-order valence-corrected chi connectivity index (χ4v) is 4.24. The molecule has 5 nitrogen and oxygen atoms in total. The first-order chi connectivity index (χ1) is 14.9. The average Bonchev–Trinajstić information content (AvgIpc) is 3.36. The summed E-state index contributed by atoms with van der Waals surface area (Å²) in [5.41, 5.74) is 1.26. The molecular formula is C22H21F3N4OS. The summed E-state index contributed by atoms with van der Waals surface area (Å²) >= 11 is 5.56. The number of halogens is 3. The highest BCUT2D eigenvalue weighted by atomic mass is 32.1. The summed E-state index contributed by atoms with van der Waals surface area (Å²) in [5.74, 6) is 0. The minimum Gasteiger partial charge on any atom is -0.396 e. The van der Waals surface area contributed by atoms with Gasteiger partial charge in [0.1, 0.15) is 0 Å². The van der Waals surface area contributed by atoms with E-state index in [0.717, 1.165) is 23.5 Å². The molecule has 2 N–H and O–H groups in total. The first-order valence-corrected chi connectivity index (χ1v) is 10.2. The van der Waals surface area contributed by atoms with Crippen molar-refractivity contribution in [3.05, 3.63) is 83.9 Å². The quantitative estimate of drug-likeness (QED) is 0.555. The smallest absolute Gasteiger partial charge is 0.396 e. The number of alkyl halides is 3. The van der Waals surface area contributed by atoms with E-state index in [1.54, 1.807) is 29.1 Å². The number of aliphatic hydroxyl groups is 1. The number of rotatable bonds is 6. The Morgan fingerprint density at radius 1 is 1.10 bits per heavy atom. The molecule has 0 bridgehead atoms. The van der Waals surface area contributed by atoms with Gasteiger partial charge in [0, 0.05) is 36.9 Å². The van der Waals surface area contributed by atoms with Gasteiger partial charge in [0.2, 0.25) is 0 Å². The molecule has 1 aliphatic rings. The van der Waals surface area contributed by atoms with Crippen LogP contribution < -0.4 is 5.32 Å². The number of hydrogen-bond acceptors (Lipinski definition) is 3. The van der Waals surface area contributed by atoms with Crippen LogP contribution >= 0.6 is 12.2 Å². The minimum atomic E-state index is -4.43. The second-order valence-electron chi connectivity index (χ2n) is 7.25. The van der Waals surface area contributed by atoms with Crippen molar-refractivity contribution in [2.24, 2.45) is 0 Å². The van der Waals surface area contributed by atoms with E-state index in [9.17, 15) is 18.3 Å². The third kappa shape index (κ3) is 4.28. The van der Waals surface area contributed by atoms with Gasteiger partial charge in [0.15, 0.2) is 5.11 Å². The van der Waals surface area contributed by atoms with Crippen molar-refractivity contribution >= 4 is 17.3 Å². The SMILES string of the molecule is OCCCN1C(=S)N[C@H](c2ccccn2)[C@H]1c1cccn1-c1cccc(C(F)(F)F)c1. The molecule has 0 radical (unpaired) electrons. The van der Waals surface area contributed by atoms with Gasteiger partial charge in [-0.3, -0.25) is 4.98 Å². The van der Waals surface area contributed by atoms with Crippen molar-refractivity contribution < 1.29 is 18.3 Å². The van der Waals surface area contributed by atoms with Crippen LogP contribution in [0.3, 0.4) is 0 Å². The summed E-state index contributed by atoms with van der Waals surface area (Å²) in [4.78, 5) is 6.43. The van der Waals surface area contributed by atoms with Crippen LogP contribution in [-0.4, -0.2) is 37.8 Å². The molecule has 1 aromatic carbocycles. The molecule has 31 heavy (non-hydrogen) atoms. The molecule has 1 saturated heterocycles. The lowest BCUT2D eigenvalue weighted by Crippen LogP contribution is -2.31. The summed E-state index contributed by atoms with van der Waals surface area (Å²) in [5, 5.41) is 13.2. The number of nitrogens with zero attached hydrogens (tertiary/aromatic N) is 3. The first-order valence-electron chi connectivity index (χ1n) is 9.84. The van der Waals surface area contributed by atoms with Crippen molar-refractivity contribution in [1.29, 1.82) is 0 Å². The normalized spacial score (nSPS) is 19.0. The highest BCUT2D eigenvalue weighted by molar-refractivity contribution is 7.80. The van der Waals surface area contributed by atoms with Crippen LogP contribution in [0.5, 0.6) is 0 Å². The van der Waals surface area contributed by atoms with Gasteiger partial charge in [0.25, 0.3) is 0 Å². The number of benzene rings is 1. The molecule has 4 rings (SSSR count). The Morgan fingerprint density at radius 2 is 1.94 bits per heavy atom. The molecule has 0 amide bonds. The molecule has 0 aliphatic carbocycles. The average molecular weight is 446 g/mol. The minimum absolute atomic E-state index is 0.00866. The van der Waals surface area contributed by atoms with E-state index in [1.807, 2.05) is 29.2 Å². The highest BCUT2D eigenvalue weighted by Crippen LogP contribution is 2.40. The fraction of sp³-hybridized carbons (Fsp3) is 0.273. The molecular weight excluding hydrogens is 425 g/mol. The van der Waals surface area contributed by atoms with E-state index in [-0.39, 0.29) is 18.7 Å². The van der Waals surface area contributed by atoms with E-state index >= 15 is 0 Å². The van der Waals surface area contributed by atoms with Crippen LogP contribution in [0.4, 0.5) is 13.2 Å². The Balaban J connectivity index is 1.79. The van der Waals surface area contributed by atoms with Gasteiger partial charge in [-0.2, -0.15) is 13.2 Å². The molecule has 162 valence electrons. The van der Waals surface area contributed by atoms with Gasteiger partial charge < -0.3 is 19.9 Å². The first kappa shape index (κ1) is 21.3. The number of nitrogens with one attached hydrogen (secondary N) is 1. The Labute approximate surface area is 183 Å². The van der Waals surface area contributed by atoms with Crippen molar-refractivity contribution in [1.82, 2.24) is 19.8 Å². The summed E-state index contributed by atoms with van der Waals surface area (Å²) in [6.45, 7) is 0.513. The van der Waals surface area contributed by atoms with Gasteiger partial charge in [-0.15, -0.1) is 0 Å². The lowest BCUT2D eigenvalue weighted by Gasteiger charge is -2.29. The summed E-state index contributed by atoms with van der Waals surface area (Å²) in [6, 6.07) is 13.9. The maximum absolute atomic E-state index is 13.3. The maximum Gasteiger partial charge on any atom is 0.416 e. The van der Waals surface area contributed by atoms with Crippen LogP contribution in [0.2, 0.25) is 0 Å². The topological polar surface area (TPSA) is 53.3 Å². The predicted octanol–water partition coefficient (Wildman–Crippen LogP) is 4.25. The van der Waals surface area contributed by atoms with Gasteiger partial charge in [0.05, 0.1) is 23.3 Å². The molecule has 9 heteroatoms. The number of pyridine rings is 1. The van der Waals surface area contributed by atoms with Crippen molar-refractivity contribution in [3.8, 4) is 5.69 Å². The fourth-order valence-electron chi connectivity index (χ4n) is 3.91. The standard InChI is InChI=1S/C22H21F3N4OS/c23-22(24,25)15-6-3-7-16(14-15)28-11-4-9-18(28)20-19(17-8-1-2-10-26-17)27-21(31)29(20)12-5-13-30/h1-4,6-11,14,19-20,30H,5,12-13H2,(H,27,31)/t19-,20-/m1/s1. The third-order valence-electron chi connectivity index (χ3n) is 5.29. The largest absolute Gasteiger partial charge is 0.416 e. The second kappa shape index (κ2) is 8.68. The molecule has 0 saturated carbocycles. The zero-order chi connectivity index (χ0) is 22.0. The van der Waals surface area contributed by atoms with Crippen LogP contribution in [-0.2, 0) is 6.18 Å². The number of thiocarbonyl (C=S) groups is 1. The molecule has 2 atom stereocenters. The molecule has 2 aromatic heterocycles. The molecule has 1 aliphatic heterocycles. The number of hydrogen-bond donors (Lipinski definition) is 2. The summed E-state index contributed by atoms with van der Waals surface area (Å²) in [6.07, 6.45) is -0.480. The van der Waals surface area contributed by atoms with Gasteiger partial charge in [-0.1, -0.05) is 12.1 Å².